The van der Waals surface area contributed by atoms with Crippen molar-refractivity contribution in [1.29, 1.82) is 0 Å². The molecule has 1 saturated heterocycles. The highest BCUT2D eigenvalue weighted by molar-refractivity contribution is 5.22. The summed E-state index contributed by atoms with van der Waals surface area (Å²) in [5.74, 6) is -0.550. The van der Waals surface area contributed by atoms with Gasteiger partial charge in [-0.05, 0) is 18.4 Å². The molecule has 1 aromatic rings. The van der Waals surface area contributed by atoms with Crippen LogP contribution in [0.1, 0.15) is 44.2 Å². The molecule has 0 aromatic heterocycles. The number of ether oxygens (including phenoxy) is 2. The lowest BCUT2D eigenvalue weighted by Crippen LogP contribution is -2.54. The fourth-order valence-corrected chi connectivity index (χ4v) is 3.06. The van der Waals surface area contributed by atoms with E-state index in [1.54, 1.807) is 14.2 Å². The third-order valence-electron chi connectivity index (χ3n) is 4.14. The van der Waals surface area contributed by atoms with E-state index in [0.29, 0.717) is 6.04 Å². The van der Waals surface area contributed by atoms with Crippen molar-refractivity contribution in [3.63, 3.8) is 0 Å². The quantitative estimate of drug-likeness (QED) is 0.827. The van der Waals surface area contributed by atoms with Crippen LogP contribution in [0.5, 0.6) is 0 Å². The lowest BCUT2D eigenvalue weighted by atomic mass is 9.86. The molecular formula is C16H25NO2. The zero-order chi connectivity index (χ0) is 13.7. The second kappa shape index (κ2) is 6.51. The van der Waals surface area contributed by atoms with E-state index in [1.807, 2.05) is 6.07 Å². The van der Waals surface area contributed by atoms with Crippen LogP contribution < -0.4 is 5.32 Å². The third-order valence-corrected chi connectivity index (χ3v) is 4.14. The summed E-state index contributed by atoms with van der Waals surface area (Å²) in [6, 6.07) is 11.1. The van der Waals surface area contributed by atoms with Gasteiger partial charge in [-0.3, -0.25) is 0 Å². The number of nitrogens with one attached hydrogen (secondary N) is 1. The predicted octanol–water partition coefficient (Wildman–Crippen LogP) is 3.27. The molecule has 1 fully saturated rings. The van der Waals surface area contributed by atoms with Gasteiger partial charge in [-0.2, -0.15) is 0 Å². The van der Waals surface area contributed by atoms with E-state index in [0.717, 1.165) is 12.8 Å². The van der Waals surface area contributed by atoms with Crippen molar-refractivity contribution in [3.05, 3.63) is 35.9 Å². The van der Waals surface area contributed by atoms with Crippen molar-refractivity contribution in [1.82, 2.24) is 5.32 Å². The summed E-state index contributed by atoms with van der Waals surface area (Å²) in [6.07, 6.45) is 4.43. The van der Waals surface area contributed by atoms with Crippen LogP contribution in [-0.4, -0.2) is 26.0 Å². The fraction of sp³-hybridized carbons (Fsp3) is 0.625. The zero-order valence-corrected chi connectivity index (χ0v) is 12.2. The topological polar surface area (TPSA) is 30.5 Å². The van der Waals surface area contributed by atoms with Crippen LogP contribution >= 0.6 is 0 Å². The molecule has 1 aromatic carbocycles. The van der Waals surface area contributed by atoms with Gasteiger partial charge in [-0.1, -0.05) is 43.7 Å². The summed E-state index contributed by atoms with van der Waals surface area (Å²) in [5.41, 5.74) is 1.23. The standard InChI is InChI=1S/C16H25NO2/c1-4-8-14-11-12-16(18-2,19-3)15(17-14)13-9-6-5-7-10-13/h5-7,9-10,14-15,17H,4,8,11-12H2,1-3H3. The van der Waals surface area contributed by atoms with Gasteiger partial charge in [0.05, 0.1) is 6.04 Å². The second-order valence-corrected chi connectivity index (χ2v) is 5.25. The number of methoxy groups -OCH3 is 2. The van der Waals surface area contributed by atoms with Crippen molar-refractivity contribution in [3.8, 4) is 0 Å². The van der Waals surface area contributed by atoms with Gasteiger partial charge in [0.25, 0.3) is 0 Å². The molecule has 0 bridgehead atoms. The minimum Gasteiger partial charge on any atom is -0.351 e. The molecule has 0 spiro atoms. The van der Waals surface area contributed by atoms with E-state index in [-0.39, 0.29) is 6.04 Å². The maximum absolute atomic E-state index is 5.74. The van der Waals surface area contributed by atoms with Crippen molar-refractivity contribution < 1.29 is 9.47 Å². The smallest absolute Gasteiger partial charge is 0.187 e. The van der Waals surface area contributed by atoms with Crippen molar-refractivity contribution in [2.24, 2.45) is 0 Å². The lowest BCUT2D eigenvalue weighted by molar-refractivity contribution is -0.243. The second-order valence-electron chi connectivity index (χ2n) is 5.25. The summed E-state index contributed by atoms with van der Waals surface area (Å²) < 4.78 is 11.5. The molecule has 0 saturated carbocycles. The maximum Gasteiger partial charge on any atom is 0.187 e. The fourth-order valence-electron chi connectivity index (χ4n) is 3.06. The Kier molecular flexibility index (Phi) is 4.97. The van der Waals surface area contributed by atoms with E-state index in [9.17, 15) is 0 Å². The van der Waals surface area contributed by atoms with Gasteiger partial charge in [0.2, 0.25) is 0 Å². The van der Waals surface area contributed by atoms with E-state index in [2.05, 4.69) is 36.5 Å². The molecule has 1 aliphatic heterocycles. The number of hydrogen-bond acceptors (Lipinski definition) is 3. The Labute approximate surface area is 116 Å². The average Bonchev–Trinajstić information content (AvgIpc) is 2.49. The molecule has 3 nitrogen and oxygen atoms in total. The van der Waals surface area contributed by atoms with Crippen molar-refractivity contribution in [2.45, 2.75) is 50.5 Å². The van der Waals surface area contributed by atoms with E-state index in [4.69, 9.17) is 9.47 Å². The van der Waals surface area contributed by atoms with E-state index < -0.39 is 5.79 Å². The highest BCUT2D eigenvalue weighted by Crippen LogP contribution is 2.38. The Bertz CT molecular complexity index is 376. The molecule has 0 amide bonds. The van der Waals surface area contributed by atoms with Crippen molar-refractivity contribution in [2.75, 3.05) is 14.2 Å². The molecule has 1 N–H and O–H groups in total. The van der Waals surface area contributed by atoms with Gasteiger partial charge in [0.15, 0.2) is 5.79 Å². The highest BCUT2D eigenvalue weighted by Gasteiger charge is 2.44. The molecule has 2 atom stereocenters. The predicted molar refractivity (Wildman–Crippen MR) is 77.0 cm³/mol. The van der Waals surface area contributed by atoms with Gasteiger partial charge in [0.1, 0.15) is 0 Å². The molecule has 0 aliphatic carbocycles. The monoisotopic (exact) mass is 263 g/mol. The normalized spacial score (nSPS) is 26.3. The van der Waals surface area contributed by atoms with Gasteiger partial charge in [-0.15, -0.1) is 0 Å². The van der Waals surface area contributed by atoms with Gasteiger partial charge in [-0.25, -0.2) is 0 Å². The summed E-state index contributed by atoms with van der Waals surface area (Å²) in [7, 11) is 3.47. The molecular weight excluding hydrogens is 238 g/mol. The number of hydrogen-bond donors (Lipinski definition) is 1. The van der Waals surface area contributed by atoms with Crippen LogP contribution in [-0.2, 0) is 9.47 Å². The molecule has 0 radical (unpaired) electrons. The van der Waals surface area contributed by atoms with Gasteiger partial charge < -0.3 is 14.8 Å². The Balaban J connectivity index is 2.25. The minimum absolute atomic E-state index is 0.0917. The molecule has 3 heteroatoms. The van der Waals surface area contributed by atoms with Gasteiger partial charge in [0, 0.05) is 26.7 Å². The highest BCUT2D eigenvalue weighted by atomic mass is 16.7. The number of piperidine rings is 1. The molecule has 1 aliphatic rings. The Morgan fingerprint density at radius 2 is 1.89 bits per heavy atom. The van der Waals surface area contributed by atoms with Crippen LogP contribution in [0.3, 0.4) is 0 Å². The molecule has 2 rings (SSSR count). The first-order valence-electron chi connectivity index (χ1n) is 7.17. The first kappa shape index (κ1) is 14.5. The summed E-state index contributed by atoms with van der Waals surface area (Å²) >= 11 is 0. The maximum atomic E-state index is 5.74. The minimum atomic E-state index is -0.550. The van der Waals surface area contributed by atoms with Crippen LogP contribution in [0.15, 0.2) is 30.3 Å². The van der Waals surface area contributed by atoms with E-state index >= 15 is 0 Å². The van der Waals surface area contributed by atoms with Crippen LogP contribution in [0.25, 0.3) is 0 Å². The summed E-state index contributed by atoms with van der Waals surface area (Å²) in [4.78, 5) is 0. The van der Waals surface area contributed by atoms with Crippen LogP contribution in [0.2, 0.25) is 0 Å². The molecule has 19 heavy (non-hydrogen) atoms. The molecule has 2 unspecified atom stereocenters. The lowest BCUT2D eigenvalue weighted by Gasteiger charge is -2.45. The van der Waals surface area contributed by atoms with Crippen LogP contribution in [0.4, 0.5) is 0 Å². The molecule has 106 valence electrons. The summed E-state index contributed by atoms with van der Waals surface area (Å²) in [5, 5.41) is 3.71. The Morgan fingerprint density at radius 1 is 1.21 bits per heavy atom. The zero-order valence-electron chi connectivity index (χ0n) is 12.2. The first-order valence-corrected chi connectivity index (χ1v) is 7.17. The summed E-state index contributed by atoms with van der Waals surface area (Å²) in [6.45, 7) is 2.23. The van der Waals surface area contributed by atoms with Crippen molar-refractivity contribution >= 4 is 0 Å². The third kappa shape index (κ3) is 2.99. The first-order chi connectivity index (χ1) is 9.25. The average molecular weight is 263 g/mol. The number of rotatable bonds is 5. The van der Waals surface area contributed by atoms with Gasteiger partial charge >= 0.3 is 0 Å². The Hall–Kier alpha value is -0.900. The largest absolute Gasteiger partial charge is 0.351 e. The number of benzene rings is 1. The SMILES string of the molecule is CCCC1CCC(OC)(OC)C(c2ccccc2)N1. The van der Waals surface area contributed by atoms with Crippen LogP contribution in [0, 0.1) is 0 Å². The molecule has 1 heterocycles. The van der Waals surface area contributed by atoms with E-state index in [1.165, 1.54) is 18.4 Å². The Morgan fingerprint density at radius 3 is 2.47 bits per heavy atom.